The first-order chi connectivity index (χ1) is 20.9. The molecule has 0 bridgehead atoms. The Morgan fingerprint density at radius 1 is 0.886 bits per heavy atom. The molecule has 2 saturated carbocycles. The highest BCUT2D eigenvalue weighted by Crippen LogP contribution is 2.36. The van der Waals surface area contributed by atoms with E-state index >= 15 is 0 Å². The summed E-state index contributed by atoms with van der Waals surface area (Å²) in [5.41, 5.74) is 30.1. The smallest absolute Gasteiger partial charge is 0.246 e. The Balaban J connectivity index is 1.45. The van der Waals surface area contributed by atoms with Gasteiger partial charge in [-0.05, 0) is 50.5 Å². The molecular weight excluding hydrogens is 582 g/mol. The van der Waals surface area contributed by atoms with Crippen LogP contribution in [0.5, 0.6) is 0 Å². The highest BCUT2D eigenvalue weighted by molar-refractivity contribution is 5.75. The molecule has 0 aromatic carbocycles. The molecule has 44 heavy (non-hydrogen) atoms. The Bertz CT molecular complexity index is 905. The van der Waals surface area contributed by atoms with Gasteiger partial charge in [-0.25, -0.2) is 5.06 Å². The summed E-state index contributed by atoms with van der Waals surface area (Å²) in [5, 5.41) is 56.2. The molecule has 2 aliphatic heterocycles. The number of hydrogen-bond donors (Lipinski definition) is 11. The van der Waals surface area contributed by atoms with E-state index in [4.69, 9.17) is 47.6 Å². The molecule has 4 fully saturated rings. The third kappa shape index (κ3) is 8.61. The molecule has 1 unspecified atom stereocenters. The Morgan fingerprint density at radius 2 is 1.59 bits per heavy atom. The minimum atomic E-state index is -1.53. The van der Waals surface area contributed by atoms with Gasteiger partial charge in [0.1, 0.15) is 30.5 Å². The number of hydroxylamine groups is 2. The summed E-state index contributed by atoms with van der Waals surface area (Å²) < 4.78 is 24.0. The molecule has 17 nitrogen and oxygen atoms in total. The van der Waals surface area contributed by atoms with Crippen molar-refractivity contribution in [3.8, 4) is 0 Å². The van der Waals surface area contributed by atoms with Crippen LogP contribution >= 0.6 is 0 Å². The van der Waals surface area contributed by atoms with Crippen LogP contribution in [0.25, 0.3) is 0 Å². The van der Waals surface area contributed by atoms with Gasteiger partial charge in [-0.3, -0.25) is 10.0 Å². The minimum Gasteiger partial charge on any atom is -0.394 e. The lowest BCUT2D eigenvalue weighted by Gasteiger charge is -2.48. The van der Waals surface area contributed by atoms with Crippen LogP contribution in [0, 0.1) is 11.8 Å². The van der Waals surface area contributed by atoms with Crippen LogP contribution in [0.4, 0.5) is 0 Å². The molecule has 1 amide bonds. The minimum absolute atomic E-state index is 0.0304. The van der Waals surface area contributed by atoms with Crippen molar-refractivity contribution in [2.75, 3.05) is 32.8 Å². The van der Waals surface area contributed by atoms with Crippen LogP contribution in [0.15, 0.2) is 0 Å². The van der Waals surface area contributed by atoms with Crippen molar-refractivity contribution < 1.29 is 49.4 Å². The lowest BCUT2D eigenvalue weighted by atomic mass is 9.77. The summed E-state index contributed by atoms with van der Waals surface area (Å²) in [6.07, 6.45) is -7.10. The summed E-state index contributed by atoms with van der Waals surface area (Å²) in [7, 11) is 0. The van der Waals surface area contributed by atoms with Gasteiger partial charge in [0.25, 0.3) is 0 Å². The molecule has 17 heteroatoms. The molecule has 0 aromatic rings. The maximum absolute atomic E-state index is 12.8. The number of rotatable bonds is 13. The SMILES string of the molecule is NCCN(O)C(=O)C[C@@H]1C[C@H](N)C(O[C@H]2O[C@H](CNCC3CC(N)C3)CC[C@H]2N)[C@H](O)[C@H]1O[C@H]1O[C@H](CO)[C@@H](O)[C@H](N)[C@H]1O. The highest BCUT2D eigenvalue weighted by atomic mass is 16.7. The number of nitrogens with two attached hydrogens (primary N) is 5. The number of carbonyl (C=O) groups excluding carboxylic acids is 1. The fourth-order valence-electron chi connectivity index (χ4n) is 6.58. The van der Waals surface area contributed by atoms with Crippen molar-refractivity contribution in [3.05, 3.63) is 0 Å². The molecular formula is C27H53N7O10. The van der Waals surface area contributed by atoms with Crippen molar-refractivity contribution in [2.24, 2.45) is 40.5 Å². The lowest BCUT2D eigenvalue weighted by Crippen LogP contribution is -2.66. The molecule has 0 spiro atoms. The van der Waals surface area contributed by atoms with Gasteiger partial charge in [0.2, 0.25) is 5.91 Å². The van der Waals surface area contributed by atoms with Crippen LogP contribution in [-0.4, -0.2) is 149 Å². The zero-order valence-electron chi connectivity index (χ0n) is 25.0. The monoisotopic (exact) mass is 635 g/mol. The molecule has 2 saturated heterocycles. The molecule has 13 atom stereocenters. The fraction of sp³-hybridized carbons (Fsp3) is 0.963. The summed E-state index contributed by atoms with van der Waals surface area (Å²) in [6, 6.07) is -2.21. The summed E-state index contributed by atoms with van der Waals surface area (Å²) in [6.45, 7) is 0.770. The van der Waals surface area contributed by atoms with Crippen molar-refractivity contribution in [1.29, 1.82) is 0 Å². The standard InChI is InChI=1S/C27H53N7O10/c28-3-4-34(40)19(36)8-13-7-17(31)25(23(39)24(13)43-27-22(38)20(32)21(37)18(11-35)42-27)44-26-16(30)2-1-15(41-26)10-33-9-12-5-14(29)6-12/h12-18,20-27,33,35,37-40H,1-11,28-32H2/t12?,13-,14?,15-,16+,17-,18+,20-,21+,22+,23+,24-,25?,26+,27+/m0/s1. The van der Waals surface area contributed by atoms with E-state index in [2.05, 4.69) is 5.32 Å². The van der Waals surface area contributed by atoms with Crippen molar-refractivity contribution in [1.82, 2.24) is 10.4 Å². The maximum atomic E-state index is 12.8. The second kappa shape index (κ2) is 16.1. The van der Waals surface area contributed by atoms with Crippen molar-refractivity contribution in [2.45, 2.75) is 118 Å². The molecule has 0 radical (unpaired) electrons. The van der Waals surface area contributed by atoms with Gasteiger partial charge in [-0.1, -0.05) is 0 Å². The fourth-order valence-corrected chi connectivity index (χ4v) is 6.58. The average molecular weight is 636 g/mol. The third-order valence-corrected chi connectivity index (χ3v) is 9.30. The number of ether oxygens (including phenoxy) is 4. The summed E-state index contributed by atoms with van der Waals surface area (Å²) in [4.78, 5) is 12.8. The van der Waals surface area contributed by atoms with E-state index in [9.17, 15) is 30.4 Å². The number of nitrogens with one attached hydrogen (secondary N) is 1. The van der Waals surface area contributed by atoms with E-state index in [0.717, 1.165) is 25.8 Å². The van der Waals surface area contributed by atoms with Crippen LogP contribution in [0.1, 0.15) is 38.5 Å². The first kappa shape index (κ1) is 35.7. The van der Waals surface area contributed by atoms with Crippen LogP contribution in [0.2, 0.25) is 0 Å². The highest BCUT2D eigenvalue weighted by Gasteiger charge is 2.51. The van der Waals surface area contributed by atoms with Gasteiger partial charge in [-0.2, -0.15) is 0 Å². The van der Waals surface area contributed by atoms with Gasteiger partial charge >= 0.3 is 0 Å². The normalized spacial score (nSPS) is 44.6. The van der Waals surface area contributed by atoms with Gasteiger partial charge in [0.15, 0.2) is 12.6 Å². The van der Waals surface area contributed by atoms with Crippen molar-refractivity contribution in [3.63, 3.8) is 0 Å². The van der Waals surface area contributed by atoms with E-state index in [1.165, 1.54) is 0 Å². The number of nitrogens with zero attached hydrogens (tertiary/aromatic N) is 1. The van der Waals surface area contributed by atoms with E-state index < -0.39 is 85.8 Å². The number of aliphatic hydroxyl groups is 4. The third-order valence-electron chi connectivity index (χ3n) is 9.30. The van der Waals surface area contributed by atoms with E-state index in [1.807, 2.05) is 0 Å². The maximum Gasteiger partial charge on any atom is 0.246 e. The topological polar surface area (TPSA) is 301 Å². The van der Waals surface area contributed by atoms with Crippen molar-refractivity contribution >= 4 is 5.91 Å². The summed E-state index contributed by atoms with van der Waals surface area (Å²) >= 11 is 0. The molecule has 2 heterocycles. The molecule has 16 N–H and O–H groups in total. The Hall–Kier alpha value is -1.13. The summed E-state index contributed by atoms with van der Waals surface area (Å²) in [5.74, 6) is -0.876. The molecule has 2 aliphatic carbocycles. The number of amides is 1. The first-order valence-corrected chi connectivity index (χ1v) is 15.6. The zero-order chi connectivity index (χ0) is 32.1. The Labute approximate surface area is 257 Å². The van der Waals surface area contributed by atoms with Gasteiger partial charge in [-0.15, -0.1) is 0 Å². The van der Waals surface area contributed by atoms with Gasteiger partial charge in [0, 0.05) is 31.6 Å². The van der Waals surface area contributed by atoms with Crippen LogP contribution < -0.4 is 34.0 Å². The largest absolute Gasteiger partial charge is 0.394 e. The Morgan fingerprint density at radius 3 is 2.25 bits per heavy atom. The molecule has 4 rings (SSSR count). The second-order valence-electron chi connectivity index (χ2n) is 12.8. The molecule has 256 valence electrons. The second-order valence-corrected chi connectivity index (χ2v) is 12.8. The van der Waals surface area contributed by atoms with E-state index in [-0.39, 0.29) is 38.1 Å². The van der Waals surface area contributed by atoms with Crippen LogP contribution in [-0.2, 0) is 23.7 Å². The number of aliphatic hydroxyl groups excluding tert-OH is 4. The van der Waals surface area contributed by atoms with Crippen LogP contribution in [0.3, 0.4) is 0 Å². The first-order valence-electron chi connectivity index (χ1n) is 15.6. The van der Waals surface area contributed by atoms with E-state index in [1.54, 1.807) is 0 Å². The quantitative estimate of drug-likeness (QED) is 0.0666. The average Bonchev–Trinajstić information content (AvgIpc) is 2.97. The number of carbonyl (C=O) groups is 1. The van der Waals surface area contributed by atoms with Gasteiger partial charge < -0.3 is 73.4 Å². The van der Waals surface area contributed by atoms with E-state index in [0.29, 0.717) is 23.9 Å². The molecule has 4 aliphatic rings. The zero-order valence-corrected chi connectivity index (χ0v) is 25.0. The number of hydrogen-bond acceptors (Lipinski definition) is 16. The van der Waals surface area contributed by atoms with Gasteiger partial charge in [0.05, 0.1) is 37.4 Å². The predicted molar refractivity (Wildman–Crippen MR) is 154 cm³/mol. The predicted octanol–water partition coefficient (Wildman–Crippen LogP) is -5.04. The Kier molecular flexibility index (Phi) is 13.1. The molecule has 0 aromatic heterocycles. The lowest BCUT2D eigenvalue weighted by molar-refractivity contribution is -0.318.